The van der Waals surface area contributed by atoms with Gasteiger partial charge in [-0.15, -0.1) is 0 Å². The summed E-state index contributed by atoms with van der Waals surface area (Å²) in [6.07, 6.45) is 2.08. The highest BCUT2D eigenvalue weighted by atomic mass is 16.5. The molecule has 0 aromatic heterocycles. The second-order valence-corrected chi connectivity index (χ2v) is 8.06. The third-order valence-corrected chi connectivity index (χ3v) is 5.80. The topological polar surface area (TPSA) is 51.2 Å². The summed E-state index contributed by atoms with van der Waals surface area (Å²) in [7, 11) is 0. The van der Waals surface area contributed by atoms with E-state index in [4.69, 9.17) is 14.2 Å². The Balaban J connectivity index is 1.51. The first-order valence-corrected chi connectivity index (χ1v) is 11.1. The molecular formula is C23H36N2O4. The summed E-state index contributed by atoms with van der Waals surface area (Å²) in [6, 6.07) is 8.31. The normalized spacial score (nSPS) is 21.5. The van der Waals surface area contributed by atoms with Crippen molar-refractivity contribution in [1.29, 1.82) is 0 Å². The number of carbonyl (C=O) groups excluding carboxylic acids is 1. The highest BCUT2D eigenvalue weighted by Gasteiger charge is 2.28. The van der Waals surface area contributed by atoms with E-state index in [0.717, 1.165) is 51.3 Å². The molecule has 1 amide bonds. The predicted molar refractivity (Wildman–Crippen MR) is 113 cm³/mol. The summed E-state index contributed by atoms with van der Waals surface area (Å²) < 4.78 is 17.1. The van der Waals surface area contributed by atoms with Crippen molar-refractivity contribution in [3.05, 3.63) is 29.8 Å². The lowest BCUT2D eigenvalue weighted by molar-refractivity contribution is -0.137. The Hall–Kier alpha value is -1.63. The molecule has 2 aliphatic heterocycles. The maximum absolute atomic E-state index is 12.7. The molecule has 2 aliphatic rings. The molecule has 1 unspecified atom stereocenters. The molecule has 1 aromatic carbocycles. The lowest BCUT2D eigenvalue weighted by Gasteiger charge is -2.34. The zero-order valence-corrected chi connectivity index (χ0v) is 18.0. The minimum absolute atomic E-state index is 0.123. The van der Waals surface area contributed by atoms with Crippen LogP contribution in [-0.4, -0.2) is 74.9 Å². The van der Waals surface area contributed by atoms with Crippen LogP contribution in [0.1, 0.15) is 32.3 Å². The van der Waals surface area contributed by atoms with Crippen LogP contribution in [0.5, 0.6) is 5.75 Å². The fourth-order valence-electron chi connectivity index (χ4n) is 4.16. The smallest absolute Gasteiger partial charge is 0.226 e. The molecule has 0 radical (unpaired) electrons. The first kappa shape index (κ1) is 22.1. The molecule has 0 N–H and O–H groups in total. The minimum Gasteiger partial charge on any atom is -0.493 e. The Labute approximate surface area is 175 Å². The molecule has 1 aromatic rings. The van der Waals surface area contributed by atoms with Crippen LogP contribution in [0.3, 0.4) is 0 Å². The van der Waals surface area contributed by atoms with Gasteiger partial charge >= 0.3 is 0 Å². The number of hydrogen-bond acceptors (Lipinski definition) is 5. The average Bonchev–Trinajstić information content (AvgIpc) is 3.02. The molecule has 0 spiro atoms. The van der Waals surface area contributed by atoms with Gasteiger partial charge in [0, 0.05) is 32.1 Å². The van der Waals surface area contributed by atoms with Crippen LogP contribution in [0.4, 0.5) is 0 Å². The molecule has 2 fully saturated rings. The summed E-state index contributed by atoms with van der Waals surface area (Å²) in [5, 5.41) is 0. The summed E-state index contributed by atoms with van der Waals surface area (Å²) >= 11 is 0. The van der Waals surface area contributed by atoms with Crippen LogP contribution in [0.25, 0.3) is 0 Å². The first-order chi connectivity index (χ1) is 14.2. The van der Waals surface area contributed by atoms with Crippen LogP contribution in [0.15, 0.2) is 24.3 Å². The van der Waals surface area contributed by atoms with Crippen LogP contribution in [-0.2, 0) is 20.8 Å². The number of carbonyl (C=O) groups is 1. The van der Waals surface area contributed by atoms with E-state index in [1.165, 1.54) is 5.56 Å². The van der Waals surface area contributed by atoms with E-state index in [1.807, 2.05) is 17.0 Å². The van der Waals surface area contributed by atoms with E-state index in [1.54, 1.807) is 0 Å². The maximum atomic E-state index is 12.7. The van der Waals surface area contributed by atoms with Crippen molar-refractivity contribution in [3.8, 4) is 5.75 Å². The van der Waals surface area contributed by atoms with Crippen molar-refractivity contribution < 1.29 is 19.0 Å². The van der Waals surface area contributed by atoms with E-state index < -0.39 is 0 Å². The lowest BCUT2D eigenvalue weighted by atomic mass is 9.96. The van der Waals surface area contributed by atoms with Crippen molar-refractivity contribution >= 4 is 5.91 Å². The second kappa shape index (κ2) is 11.5. The van der Waals surface area contributed by atoms with Gasteiger partial charge in [0.15, 0.2) is 0 Å². The van der Waals surface area contributed by atoms with Gasteiger partial charge in [-0.1, -0.05) is 12.1 Å². The van der Waals surface area contributed by atoms with Crippen LogP contribution < -0.4 is 4.74 Å². The number of hydrogen-bond donors (Lipinski definition) is 0. The number of amides is 1. The monoisotopic (exact) mass is 404 g/mol. The molecule has 29 heavy (non-hydrogen) atoms. The molecule has 2 saturated heterocycles. The van der Waals surface area contributed by atoms with Gasteiger partial charge in [-0.3, -0.25) is 9.69 Å². The second-order valence-electron chi connectivity index (χ2n) is 8.06. The van der Waals surface area contributed by atoms with Gasteiger partial charge in [-0.2, -0.15) is 0 Å². The third-order valence-electron chi connectivity index (χ3n) is 5.80. The zero-order valence-electron chi connectivity index (χ0n) is 18.0. The SMILES string of the molecule is CCN(CC)C(=O)C1CCCN(Cc2cccc(OCC3COCCOC3)c2)C1. The van der Waals surface area contributed by atoms with Gasteiger partial charge < -0.3 is 19.1 Å². The van der Waals surface area contributed by atoms with E-state index in [0.29, 0.717) is 38.9 Å². The zero-order chi connectivity index (χ0) is 20.5. The van der Waals surface area contributed by atoms with Crippen LogP contribution >= 0.6 is 0 Å². The Kier molecular flexibility index (Phi) is 8.77. The molecule has 0 saturated carbocycles. The number of rotatable bonds is 8. The summed E-state index contributed by atoms with van der Waals surface area (Å²) in [4.78, 5) is 17.1. The quantitative estimate of drug-likeness (QED) is 0.667. The maximum Gasteiger partial charge on any atom is 0.226 e. The minimum atomic E-state index is 0.123. The molecule has 0 aliphatic carbocycles. The third kappa shape index (κ3) is 6.69. The molecule has 0 bridgehead atoms. The highest BCUT2D eigenvalue weighted by molar-refractivity contribution is 5.79. The summed E-state index contributed by atoms with van der Waals surface area (Å²) in [5.74, 6) is 1.59. The number of nitrogens with zero attached hydrogens (tertiary/aromatic N) is 2. The van der Waals surface area contributed by atoms with Crippen molar-refractivity contribution in [2.24, 2.45) is 11.8 Å². The molecule has 162 valence electrons. The number of piperidine rings is 1. The Morgan fingerprint density at radius 2 is 1.97 bits per heavy atom. The fourth-order valence-corrected chi connectivity index (χ4v) is 4.16. The van der Waals surface area contributed by atoms with E-state index in [9.17, 15) is 4.79 Å². The van der Waals surface area contributed by atoms with Crippen LogP contribution in [0, 0.1) is 11.8 Å². The Morgan fingerprint density at radius 3 is 2.69 bits per heavy atom. The summed E-state index contributed by atoms with van der Waals surface area (Å²) in [5.41, 5.74) is 1.23. The largest absolute Gasteiger partial charge is 0.493 e. The first-order valence-electron chi connectivity index (χ1n) is 11.1. The van der Waals surface area contributed by atoms with Crippen molar-refractivity contribution in [2.75, 3.05) is 59.2 Å². The van der Waals surface area contributed by atoms with Crippen molar-refractivity contribution in [2.45, 2.75) is 33.2 Å². The molecule has 1 atom stereocenters. The van der Waals surface area contributed by atoms with Crippen molar-refractivity contribution in [1.82, 2.24) is 9.80 Å². The Morgan fingerprint density at radius 1 is 1.21 bits per heavy atom. The molecule has 2 heterocycles. The van der Waals surface area contributed by atoms with Crippen LogP contribution in [0.2, 0.25) is 0 Å². The number of ether oxygens (including phenoxy) is 3. The molecule has 6 nitrogen and oxygen atoms in total. The molecule has 3 rings (SSSR count). The standard InChI is InChI=1S/C23H36N2O4/c1-3-25(4-2)23(26)21-8-6-10-24(15-21)14-19-7-5-9-22(13-19)29-18-20-16-27-11-12-28-17-20/h5,7,9,13,20-21H,3-4,6,8,10-12,14-18H2,1-2H3. The van der Waals surface area contributed by atoms with Gasteiger partial charge in [0.1, 0.15) is 5.75 Å². The van der Waals surface area contributed by atoms with Gasteiger partial charge in [0.05, 0.1) is 39.0 Å². The lowest BCUT2D eigenvalue weighted by Crippen LogP contribution is -2.44. The van der Waals surface area contributed by atoms with E-state index in [2.05, 4.69) is 30.9 Å². The molecule has 6 heteroatoms. The predicted octanol–water partition coefficient (Wildman–Crippen LogP) is 2.81. The van der Waals surface area contributed by atoms with Gasteiger partial charge in [-0.05, 0) is 50.9 Å². The summed E-state index contributed by atoms with van der Waals surface area (Å²) in [6.45, 7) is 11.8. The van der Waals surface area contributed by atoms with Gasteiger partial charge in [0.25, 0.3) is 0 Å². The average molecular weight is 405 g/mol. The Bertz CT molecular complexity index is 627. The van der Waals surface area contributed by atoms with E-state index >= 15 is 0 Å². The fraction of sp³-hybridized carbons (Fsp3) is 0.696. The highest BCUT2D eigenvalue weighted by Crippen LogP contribution is 2.22. The van der Waals surface area contributed by atoms with E-state index in [-0.39, 0.29) is 11.8 Å². The molecular weight excluding hydrogens is 368 g/mol. The van der Waals surface area contributed by atoms with Gasteiger partial charge in [0.2, 0.25) is 5.91 Å². The number of benzene rings is 1. The van der Waals surface area contributed by atoms with Gasteiger partial charge in [-0.25, -0.2) is 0 Å². The van der Waals surface area contributed by atoms with Crippen molar-refractivity contribution in [3.63, 3.8) is 0 Å². The number of likely N-dealkylation sites (tertiary alicyclic amines) is 1.